The number of phenols is 1. The second kappa shape index (κ2) is 10.1. The molecule has 2 N–H and O–H groups in total. The van der Waals surface area contributed by atoms with Crippen LogP contribution in [0.15, 0.2) is 16.6 Å². The summed E-state index contributed by atoms with van der Waals surface area (Å²) in [6, 6.07) is 3.87. The van der Waals surface area contributed by atoms with Gasteiger partial charge in [0.15, 0.2) is 0 Å². The van der Waals surface area contributed by atoms with Gasteiger partial charge in [0.05, 0.1) is 5.02 Å². The first-order valence-corrected chi connectivity index (χ1v) is 7.94. The molecular formula is C14H22BrCl3N2O. The first-order valence-electron chi connectivity index (χ1n) is 6.76. The van der Waals surface area contributed by atoms with Crippen molar-refractivity contribution in [3.8, 4) is 5.75 Å². The number of phenolic OH excluding ortho intramolecular Hbond substituents is 1. The highest BCUT2D eigenvalue weighted by molar-refractivity contribution is 9.10. The minimum Gasteiger partial charge on any atom is -0.506 e. The number of rotatable bonds is 4. The van der Waals surface area contributed by atoms with Crippen LogP contribution in [-0.4, -0.2) is 36.2 Å². The summed E-state index contributed by atoms with van der Waals surface area (Å²) >= 11 is 9.62. The Balaban J connectivity index is 0.00000200. The molecule has 122 valence electrons. The van der Waals surface area contributed by atoms with Gasteiger partial charge in [0.1, 0.15) is 5.75 Å². The quantitative estimate of drug-likeness (QED) is 0.758. The fourth-order valence-electron chi connectivity index (χ4n) is 2.65. The normalized spacial score (nSPS) is 16.7. The number of nitrogens with zero attached hydrogens (tertiary/aromatic N) is 1. The zero-order valence-electron chi connectivity index (χ0n) is 11.9. The van der Waals surface area contributed by atoms with Crippen LogP contribution >= 0.6 is 52.3 Å². The van der Waals surface area contributed by atoms with Gasteiger partial charge in [0.25, 0.3) is 0 Å². The predicted octanol–water partition coefficient (Wildman–Crippen LogP) is 4.40. The third-order valence-corrected chi connectivity index (χ3v) is 4.60. The maximum Gasteiger partial charge on any atom is 0.140 e. The maximum absolute atomic E-state index is 10.3. The van der Waals surface area contributed by atoms with Gasteiger partial charge >= 0.3 is 0 Å². The minimum atomic E-state index is 0. The summed E-state index contributed by atoms with van der Waals surface area (Å²) in [6.45, 7) is 6.18. The van der Waals surface area contributed by atoms with Crippen LogP contribution in [0.2, 0.25) is 5.02 Å². The Labute approximate surface area is 152 Å². The van der Waals surface area contributed by atoms with E-state index in [0.717, 1.165) is 49.1 Å². The average molecular weight is 421 g/mol. The Morgan fingerprint density at radius 1 is 1.33 bits per heavy atom. The molecule has 0 amide bonds. The van der Waals surface area contributed by atoms with Crippen LogP contribution in [0.4, 0.5) is 0 Å². The average Bonchev–Trinajstić information content (AvgIpc) is 2.43. The molecule has 1 aliphatic heterocycles. The molecule has 0 spiro atoms. The Bertz CT molecular complexity index is 442. The van der Waals surface area contributed by atoms with Crippen molar-refractivity contribution >= 4 is 52.3 Å². The molecule has 7 heteroatoms. The van der Waals surface area contributed by atoms with Gasteiger partial charge in [0, 0.05) is 42.3 Å². The molecule has 0 saturated carbocycles. The smallest absolute Gasteiger partial charge is 0.140 e. The van der Waals surface area contributed by atoms with Crippen molar-refractivity contribution in [2.75, 3.05) is 26.2 Å². The molecular weight excluding hydrogens is 398 g/mol. The van der Waals surface area contributed by atoms with Crippen molar-refractivity contribution < 1.29 is 5.11 Å². The molecule has 0 bridgehead atoms. The highest BCUT2D eigenvalue weighted by Crippen LogP contribution is 2.41. The Hall–Kier alpha value is 0.290. The van der Waals surface area contributed by atoms with E-state index in [1.165, 1.54) is 0 Å². The SMILES string of the molecule is CCC[C@@H](c1c(Br)ccc(Cl)c1O)N1CCNCC1.Cl.Cl. The lowest BCUT2D eigenvalue weighted by atomic mass is 9.99. The largest absolute Gasteiger partial charge is 0.506 e. The second-order valence-electron chi connectivity index (χ2n) is 4.88. The van der Waals surface area contributed by atoms with E-state index in [1.54, 1.807) is 6.07 Å². The van der Waals surface area contributed by atoms with Gasteiger partial charge in [-0.25, -0.2) is 0 Å². The molecule has 2 rings (SSSR count). The van der Waals surface area contributed by atoms with Gasteiger partial charge in [-0.3, -0.25) is 4.90 Å². The van der Waals surface area contributed by atoms with E-state index in [4.69, 9.17) is 11.6 Å². The lowest BCUT2D eigenvalue weighted by Crippen LogP contribution is -2.45. The number of piperazine rings is 1. The van der Waals surface area contributed by atoms with Gasteiger partial charge in [0.2, 0.25) is 0 Å². The summed E-state index contributed by atoms with van der Waals surface area (Å²) in [5.41, 5.74) is 0.927. The van der Waals surface area contributed by atoms with Crippen molar-refractivity contribution in [2.45, 2.75) is 25.8 Å². The number of hydrogen-bond acceptors (Lipinski definition) is 3. The molecule has 21 heavy (non-hydrogen) atoms. The highest BCUT2D eigenvalue weighted by atomic mass is 79.9. The summed E-state index contributed by atoms with van der Waals surface area (Å²) in [5.74, 6) is 0.216. The Morgan fingerprint density at radius 3 is 2.52 bits per heavy atom. The topological polar surface area (TPSA) is 35.5 Å². The van der Waals surface area contributed by atoms with E-state index in [9.17, 15) is 5.11 Å². The third kappa shape index (κ3) is 5.15. The van der Waals surface area contributed by atoms with E-state index >= 15 is 0 Å². The van der Waals surface area contributed by atoms with Crippen molar-refractivity contribution in [3.63, 3.8) is 0 Å². The van der Waals surface area contributed by atoms with Crippen LogP contribution in [0.1, 0.15) is 31.4 Å². The minimum absolute atomic E-state index is 0. The second-order valence-corrected chi connectivity index (χ2v) is 6.14. The lowest BCUT2D eigenvalue weighted by molar-refractivity contribution is 0.161. The number of nitrogens with one attached hydrogen (secondary N) is 1. The summed E-state index contributed by atoms with van der Waals surface area (Å²) < 4.78 is 0.936. The summed E-state index contributed by atoms with van der Waals surface area (Å²) in [6.07, 6.45) is 2.10. The van der Waals surface area contributed by atoms with E-state index < -0.39 is 0 Å². The molecule has 1 aliphatic rings. The fourth-order valence-corrected chi connectivity index (χ4v) is 3.40. The van der Waals surface area contributed by atoms with Gasteiger partial charge in [-0.1, -0.05) is 40.9 Å². The zero-order chi connectivity index (χ0) is 13.8. The van der Waals surface area contributed by atoms with Crippen LogP contribution in [-0.2, 0) is 0 Å². The zero-order valence-corrected chi connectivity index (χ0v) is 15.9. The summed E-state index contributed by atoms with van der Waals surface area (Å²) in [7, 11) is 0. The molecule has 1 aromatic rings. The predicted molar refractivity (Wildman–Crippen MR) is 97.4 cm³/mol. The van der Waals surface area contributed by atoms with Crippen LogP contribution < -0.4 is 5.32 Å². The molecule has 1 heterocycles. The molecule has 0 unspecified atom stereocenters. The van der Waals surface area contributed by atoms with Gasteiger partial charge in [-0.2, -0.15) is 0 Å². The monoisotopic (exact) mass is 418 g/mol. The number of halogens is 4. The van der Waals surface area contributed by atoms with E-state index in [1.807, 2.05) is 6.07 Å². The summed E-state index contributed by atoms with van der Waals surface area (Å²) in [5, 5.41) is 14.1. The molecule has 3 nitrogen and oxygen atoms in total. The van der Waals surface area contributed by atoms with E-state index in [0.29, 0.717) is 5.02 Å². The summed E-state index contributed by atoms with van der Waals surface area (Å²) in [4.78, 5) is 2.43. The van der Waals surface area contributed by atoms with E-state index in [2.05, 4.69) is 33.1 Å². The van der Waals surface area contributed by atoms with Crippen molar-refractivity contribution in [3.05, 3.63) is 27.2 Å². The third-order valence-electron chi connectivity index (χ3n) is 3.60. The molecule has 1 saturated heterocycles. The maximum atomic E-state index is 10.3. The molecule has 1 aromatic carbocycles. The van der Waals surface area contributed by atoms with Crippen molar-refractivity contribution in [1.29, 1.82) is 0 Å². The lowest BCUT2D eigenvalue weighted by Gasteiger charge is -2.36. The Kier molecular flexibility index (Phi) is 10.3. The number of aromatic hydroxyl groups is 1. The first kappa shape index (κ1) is 21.3. The van der Waals surface area contributed by atoms with Gasteiger partial charge < -0.3 is 10.4 Å². The van der Waals surface area contributed by atoms with Gasteiger partial charge in [-0.05, 0) is 18.6 Å². The molecule has 1 atom stereocenters. The van der Waals surface area contributed by atoms with E-state index in [-0.39, 0.29) is 36.6 Å². The number of benzene rings is 1. The van der Waals surface area contributed by atoms with Crippen LogP contribution in [0.5, 0.6) is 5.75 Å². The van der Waals surface area contributed by atoms with Crippen LogP contribution in [0.3, 0.4) is 0 Å². The van der Waals surface area contributed by atoms with Gasteiger partial charge in [-0.15, -0.1) is 24.8 Å². The van der Waals surface area contributed by atoms with Crippen LogP contribution in [0, 0.1) is 0 Å². The molecule has 0 radical (unpaired) electrons. The standard InChI is InChI=1S/C14H20BrClN2O.2ClH/c1-2-3-12(18-8-6-17-7-9-18)13-10(15)4-5-11(16)14(13)19;;/h4-5,12,17,19H,2-3,6-9H2,1H3;2*1H/t12-;;/m0../s1. The number of hydrogen-bond donors (Lipinski definition) is 2. The fraction of sp³-hybridized carbons (Fsp3) is 0.571. The molecule has 0 aromatic heterocycles. The van der Waals surface area contributed by atoms with Crippen molar-refractivity contribution in [1.82, 2.24) is 10.2 Å². The van der Waals surface area contributed by atoms with Crippen molar-refractivity contribution in [2.24, 2.45) is 0 Å². The molecule has 1 fully saturated rings. The highest BCUT2D eigenvalue weighted by Gasteiger charge is 2.26. The van der Waals surface area contributed by atoms with Crippen LogP contribution in [0.25, 0.3) is 0 Å². The molecule has 0 aliphatic carbocycles. The first-order chi connectivity index (χ1) is 9.15. The Morgan fingerprint density at radius 2 is 1.95 bits per heavy atom.